The molecular formula is C22H26N2O2S. The average molecular weight is 383 g/mol. The molecule has 0 unspecified atom stereocenters. The molecule has 2 amide bonds. The maximum Gasteiger partial charge on any atom is 0.243 e. The van der Waals surface area contributed by atoms with Crippen LogP contribution in [-0.2, 0) is 16.0 Å². The van der Waals surface area contributed by atoms with Crippen LogP contribution < -0.4 is 5.32 Å². The fourth-order valence-corrected chi connectivity index (χ4v) is 4.68. The second-order valence-corrected chi connectivity index (χ2v) is 8.15. The molecule has 0 bridgehead atoms. The Morgan fingerprint density at radius 1 is 1.07 bits per heavy atom. The fourth-order valence-electron chi connectivity index (χ4n) is 3.24. The number of benzene rings is 2. The van der Waals surface area contributed by atoms with Gasteiger partial charge in [-0.05, 0) is 17.5 Å². The first-order chi connectivity index (χ1) is 13.1. The minimum absolute atomic E-state index is 0.0251. The van der Waals surface area contributed by atoms with Gasteiger partial charge in [-0.15, -0.1) is 11.8 Å². The van der Waals surface area contributed by atoms with Crippen molar-refractivity contribution in [3.8, 4) is 0 Å². The minimum Gasteiger partial charge on any atom is -0.354 e. The Labute approximate surface area is 165 Å². The lowest BCUT2D eigenvalue weighted by atomic mass is 10.1. The number of rotatable bonds is 6. The molecule has 1 aliphatic heterocycles. The van der Waals surface area contributed by atoms with Gasteiger partial charge in [0.05, 0.1) is 0 Å². The van der Waals surface area contributed by atoms with E-state index in [4.69, 9.17) is 0 Å². The summed E-state index contributed by atoms with van der Waals surface area (Å²) in [6.45, 7) is 4.35. The van der Waals surface area contributed by atoms with Gasteiger partial charge in [-0.2, -0.15) is 0 Å². The molecule has 2 aromatic carbocycles. The van der Waals surface area contributed by atoms with Crippen LogP contribution in [0.2, 0.25) is 0 Å². The van der Waals surface area contributed by atoms with Crippen molar-refractivity contribution in [2.75, 3.05) is 12.3 Å². The fraction of sp³-hybridized carbons (Fsp3) is 0.364. The first-order valence-corrected chi connectivity index (χ1v) is 10.4. The Hall–Kier alpha value is -2.27. The van der Waals surface area contributed by atoms with Crippen LogP contribution in [0.4, 0.5) is 0 Å². The summed E-state index contributed by atoms with van der Waals surface area (Å²) in [6, 6.07) is 19.6. The molecule has 3 rings (SSSR count). The van der Waals surface area contributed by atoms with Crippen LogP contribution in [0.1, 0.15) is 30.3 Å². The second kappa shape index (κ2) is 9.09. The largest absolute Gasteiger partial charge is 0.354 e. The van der Waals surface area contributed by atoms with Gasteiger partial charge in [0.25, 0.3) is 0 Å². The van der Waals surface area contributed by atoms with Gasteiger partial charge in [0, 0.05) is 18.2 Å². The quantitative estimate of drug-likeness (QED) is 0.830. The lowest BCUT2D eigenvalue weighted by molar-refractivity contribution is -0.142. The molecule has 0 spiro atoms. The number of hydrogen-bond donors (Lipinski definition) is 1. The van der Waals surface area contributed by atoms with Crippen molar-refractivity contribution in [3.63, 3.8) is 0 Å². The zero-order valence-corrected chi connectivity index (χ0v) is 16.6. The second-order valence-electron chi connectivity index (χ2n) is 7.04. The molecule has 0 saturated carbocycles. The van der Waals surface area contributed by atoms with Crippen LogP contribution in [0.3, 0.4) is 0 Å². The third kappa shape index (κ3) is 4.72. The van der Waals surface area contributed by atoms with E-state index >= 15 is 0 Å². The van der Waals surface area contributed by atoms with Crippen molar-refractivity contribution < 1.29 is 9.59 Å². The van der Waals surface area contributed by atoms with Crippen LogP contribution in [0.25, 0.3) is 0 Å². The van der Waals surface area contributed by atoms with Gasteiger partial charge in [-0.25, -0.2) is 0 Å². The van der Waals surface area contributed by atoms with E-state index in [0.29, 0.717) is 12.3 Å². The lowest BCUT2D eigenvalue weighted by Gasteiger charge is -2.30. The van der Waals surface area contributed by atoms with Gasteiger partial charge in [0.2, 0.25) is 11.8 Å². The molecule has 27 heavy (non-hydrogen) atoms. The van der Waals surface area contributed by atoms with Crippen LogP contribution in [0, 0.1) is 5.92 Å². The maximum absolute atomic E-state index is 12.9. The summed E-state index contributed by atoms with van der Waals surface area (Å²) in [4.78, 5) is 27.5. The van der Waals surface area contributed by atoms with E-state index in [1.165, 1.54) is 5.56 Å². The highest BCUT2D eigenvalue weighted by Gasteiger charge is 2.42. The molecule has 1 fully saturated rings. The first kappa shape index (κ1) is 19.5. The highest BCUT2D eigenvalue weighted by atomic mass is 32.2. The van der Waals surface area contributed by atoms with E-state index in [1.807, 2.05) is 62.4 Å². The van der Waals surface area contributed by atoms with Crippen molar-refractivity contribution in [2.45, 2.75) is 31.7 Å². The summed E-state index contributed by atoms with van der Waals surface area (Å²) in [5.74, 6) is 0.437. The molecule has 1 aliphatic rings. The summed E-state index contributed by atoms with van der Waals surface area (Å²) >= 11 is 1.66. The minimum atomic E-state index is -0.425. The van der Waals surface area contributed by atoms with Gasteiger partial charge < -0.3 is 10.2 Å². The lowest BCUT2D eigenvalue weighted by Crippen LogP contribution is -2.49. The number of carbonyl (C=O) groups excluding carboxylic acids is 2. The van der Waals surface area contributed by atoms with Crippen LogP contribution in [-0.4, -0.2) is 35.1 Å². The van der Waals surface area contributed by atoms with Gasteiger partial charge in [-0.1, -0.05) is 74.5 Å². The van der Waals surface area contributed by atoms with Crippen molar-refractivity contribution >= 4 is 23.6 Å². The summed E-state index contributed by atoms with van der Waals surface area (Å²) < 4.78 is 0. The molecule has 5 heteroatoms. The van der Waals surface area contributed by atoms with Crippen molar-refractivity contribution in [2.24, 2.45) is 5.92 Å². The molecule has 1 N–H and O–H groups in total. The Morgan fingerprint density at radius 3 is 2.33 bits per heavy atom. The number of amides is 2. The maximum atomic E-state index is 12.9. The summed E-state index contributed by atoms with van der Waals surface area (Å²) in [7, 11) is 0. The Bertz CT molecular complexity index is 764. The van der Waals surface area contributed by atoms with E-state index in [1.54, 1.807) is 16.7 Å². The summed E-state index contributed by atoms with van der Waals surface area (Å²) in [5, 5.41) is 2.92. The molecule has 142 valence electrons. The van der Waals surface area contributed by atoms with Crippen molar-refractivity contribution in [1.29, 1.82) is 0 Å². The normalized spacial score (nSPS) is 19.3. The molecule has 1 heterocycles. The van der Waals surface area contributed by atoms with E-state index in [0.717, 1.165) is 12.0 Å². The smallest absolute Gasteiger partial charge is 0.243 e. The number of nitrogens with one attached hydrogen (secondary N) is 1. The summed E-state index contributed by atoms with van der Waals surface area (Å²) in [6.07, 6.45) is 0.784. The van der Waals surface area contributed by atoms with Crippen molar-refractivity contribution in [3.05, 3.63) is 71.8 Å². The molecule has 2 atom stereocenters. The molecule has 0 aliphatic carbocycles. The third-order valence-corrected chi connectivity index (χ3v) is 6.02. The standard InChI is InChI=1S/C22H26N2O2S/c1-16(2)21(26)24-19(15-27-22(24)18-11-7-4-8-12-18)20(25)23-14-13-17-9-5-3-6-10-17/h3-12,16,19,22H,13-15H2,1-2H3,(H,23,25)/t19-,22+/m1/s1. The average Bonchev–Trinajstić information content (AvgIpc) is 3.14. The predicted octanol–water partition coefficient (Wildman–Crippen LogP) is 3.64. The zero-order valence-electron chi connectivity index (χ0n) is 15.8. The molecular weight excluding hydrogens is 356 g/mol. The van der Waals surface area contributed by atoms with E-state index in [-0.39, 0.29) is 23.1 Å². The Morgan fingerprint density at radius 2 is 1.70 bits per heavy atom. The zero-order chi connectivity index (χ0) is 19.2. The van der Waals surface area contributed by atoms with E-state index in [2.05, 4.69) is 17.4 Å². The van der Waals surface area contributed by atoms with E-state index in [9.17, 15) is 9.59 Å². The SMILES string of the molecule is CC(C)C(=O)N1[C@@H](C(=O)NCCc2ccccc2)CS[C@H]1c1ccccc1. The highest BCUT2D eigenvalue weighted by molar-refractivity contribution is 7.99. The third-order valence-electron chi connectivity index (χ3n) is 4.69. The topological polar surface area (TPSA) is 49.4 Å². The van der Waals surface area contributed by atoms with Crippen LogP contribution in [0.15, 0.2) is 60.7 Å². The predicted molar refractivity (Wildman–Crippen MR) is 110 cm³/mol. The van der Waals surface area contributed by atoms with Gasteiger partial charge in [0.1, 0.15) is 11.4 Å². The molecule has 0 radical (unpaired) electrons. The van der Waals surface area contributed by atoms with Gasteiger partial charge >= 0.3 is 0 Å². The Kier molecular flexibility index (Phi) is 6.56. The van der Waals surface area contributed by atoms with Crippen molar-refractivity contribution in [1.82, 2.24) is 10.2 Å². The van der Waals surface area contributed by atoms with E-state index < -0.39 is 6.04 Å². The number of thioether (sulfide) groups is 1. The molecule has 4 nitrogen and oxygen atoms in total. The first-order valence-electron chi connectivity index (χ1n) is 9.38. The summed E-state index contributed by atoms with van der Waals surface area (Å²) in [5.41, 5.74) is 2.26. The van der Waals surface area contributed by atoms with Gasteiger partial charge in [-0.3, -0.25) is 9.59 Å². The number of nitrogens with zero attached hydrogens (tertiary/aromatic N) is 1. The Balaban J connectivity index is 1.69. The van der Waals surface area contributed by atoms with Crippen LogP contribution >= 0.6 is 11.8 Å². The molecule has 0 aromatic heterocycles. The molecule has 1 saturated heterocycles. The van der Waals surface area contributed by atoms with Crippen LogP contribution in [0.5, 0.6) is 0 Å². The monoisotopic (exact) mass is 382 g/mol. The highest BCUT2D eigenvalue weighted by Crippen LogP contribution is 2.42. The van der Waals surface area contributed by atoms with Gasteiger partial charge in [0.15, 0.2) is 0 Å². The molecule has 2 aromatic rings. The number of carbonyl (C=O) groups is 2. The number of hydrogen-bond acceptors (Lipinski definition) is 3.